The first-order chi connectivity index (χ1) is 14.1. The van der Waals surface area contributed by atoms with Crippen LogP contribution in [0.15, 0.2) is 53.3 Å². The van der Waals surface area contributed by atoms with Crippen molar-refractivity contribution in [2.45, 2.75) is 25.8 Å². The number of hydrogen-bond acceptors (Lipinski definition) is 3. The van der Waals surface area contributed by atoms with E-state index in [4.69, 9.17) is 12.2 Å². The molecule has 29 heavy (non-hydrogen) atoms. The minimum Gasteiger partial charge on any atom is -0.361 e. The van der Waals surface area contributed by atoms with Crippen LogP contribution in [0.4, 0.5) is 5.69 Å². The van der Waals surface area contributed by atoms with Crippen molar-refractivity contribution in [3.63, 3.8) is 0 Å². The second kappa shape index (κ2) is 8.80. The third kappa shape index (κ3) is 4.68. The van der Waals surface area contributed by atoms with Crippen LogP contribution in [-0.2, 0) is 0 Å². The van der Waals surface area contributed by atoms with Crippen LogP contribution in [0.3, 0.4) is 0 Å². The monoisotopic (exact) mass is 409 g/mol. The topological polar surface area (TPSA) is 65.1 Å². The smallest absolute Gasteiger partial charge is 0.326 e. The number of para-hydroxylation sites is 2. The zero-order chi connectivity index (χ0) is 20.2. The molecular weight excluding hydrogens is 382 g/mol. The lowest BCUT2D eigenvalue weighted by atomic mass is 10.0. The molecule has 0 atom stereocenters. The van der Waals surface area contributed by atoms with E-state index in [2.05, 4.69) is 39.6 Å². The summed E-state index contributed by atoms with van der Waals surface area (Å²) in [7, 11) is 0. The fourth-order valence-electron chi connectivity index (χ4n) is 4.06. The minimum atomic E-state index is -0.00103. The molecule has 1 saturated heterocycles. The molecule has 1 aliphatic rings. The number of imidazole rings is 1. The Balaban J connectivity index is 1.24. The van der Waals surface area contributed by atoms with Gasteiger partial charge in [0.1, 0.15) is 0 Å². The minimum absolute atomic E-state index is 0.00103. The Hall–Kier alpha value is -2.64. The second-order valence-corrected chi connectivity index (χ2v) is 8.05. The first-order valence-electron chi connectivity index (χ1n) is 10.1. The van der Waals surface area contributed by atoms with Gasteiger partial charge in [0.05, 0.1) is 11.0 Å². The first-order valence-corrected chi connectivity index (χ1v) is 10.5. The lowest BCUT2D eigenvalue weighted by Gasteiger charge is -2.32. The van der Waals surface area contributed by atoms with E-state index in [-0.39, 0.29) is 11.7 Å². The normalized spacial score (nSPS) is 15.5. The highest BCUT2D eigenvalue weighted by molar-refractivity contribution is 7.80. The number of nitrogens with one attached hydrogen (secondary N) is 3. The molecule has 0 unspecified atom stereocenters. The highest BCUT2D eigenvalue weighted by Gasteiger charge is 2.23. The summed E-state index contributed by atoms with van der Waals surface area (Å²) in [5.74, 6) is 0. The molecule has 7 heteroatoms. The predicted molar refractivity (Wildman–Crippen MR) is 123 cm³/mol. The molecular formula is C22H27N5OS. The summed E-state index contributed by atoms with van der Waals surface area (Å²) in [6.45, 7) is 5.77. The van der Waals surface area contributed by atoms with Gasteiger partial charge in [0, 0.05) is 37.9 Å². The number of anilines is 1. The van der Waals surface area contributed by atoms with Crippen molar-refractivity contribution in [1.82, 2.24) is 19.8 Å². The summed E-state index contributed by atoms with van der Waals surface area (Å²) in [4.78, 5) is 17.8. The fraction of sp³-hybridized carbons (Fsp3) is 0.364. The number of aromatic amines is 1. The fourth-order valence-corrected chi connectivity index (χ4v) is 4.28. The molecule has 2 aromatic carbocycles. The van der Waals surface area contributed by atoms with Crippen LogP contribution in [0, 0.1) is 6.92 Å². The lowest BCUT2D eigenvalue weighted by Crippen LogP contribution is -2.41. The van der Waals surface area contributed by atoms with Gasteiger partial charge in [-0.2, -0.15) is 0 Å². The Bertz CT molecular complexity index is 1050. The summed E-state index contributed by atoms with van der Waals surface area (Å²) in [6, 6.07) is 16.3. The van der Waals surface area contributed by atoms with E-state index in [0.717, 1.165) is 55.7 Å². The third-order valence-electron chi connectivity index (χ3n) is 5.54. The Morgan fingerprint density at radius 2 is 1.97 bits per heavy atom. The van der Waals surface area contributed by atoms with Gasteiger partial charge in [0.15, 0.2) is 5.11 Å². The highest BCUT2D eigenvalue weighted by Crippen LogP contribution is 2.24. The molecule has 0 aliphatic carbocycles. The van der Waals surface area contributed by atoms with E-state index in [1.165, 1.54) is 5.56 Å². The number of rotatable bonds is 5. The number of piperidine rings is 1. The Kier molecular flexibility index (Phi) is 5.97. The Morgan fingerprint density at radius 3 is 2.76 bits per heavy atom. The summed E-state index contributed by atoms with van der Waals surface area (Å²) in [5, 5.41) is 7.17. The summed E-state index contributed by atoms with van der Waals surface area (Å²) in [5.41, 5.74) is 4.13. The van der Waals surface area contributed by atoms with Crippen molar-refractivity contribution < 1.29 is 0 Å². The summed E-state index contributed by atoms with van der Waals surface area (Å²) in [6.07, 6.45) is 1.96. The van der Waals surface area contributed by atoms with E-state index in [0.29, 0.717) is 5.11 Å². The van der Waals surface area contributed by atoms with Crippen LogP contribution in [0.2, 0.25) is 0 Å². The van der Waals surface area contributed by atoms with E-state index in [1.54, 1.807) is 0 Å². The van der Waals surface area contributed by atoms with E-state index in [9.17, 15) is 4.79 Å². The van der Waals surface area contributed by atoms with Crippen LogP contribution in [0.5, 0.6) is 0 Å². The van der Waals surface area contributed by atoms with Gasteiger partial charge in [-0.15, -0.1) is 0 Å². The van der Waals surface area contributed by atoms with Gasteiger partial charge in [-0.3, -0.25) is 4.57 Å². The summed E-state index contributed by atoms with van der Waals surface area (Å²) < 4.78 is 1.94. The number of benzene rings is 2. The van der Waals surface area contributed by atoms with Crippen molar-refractivity contribution >= 4 is 34.1 Å². The van der Waals surface area contributed by atoms with Crippen molar-refractivity contribution in [3.8, 4) is 0 Å². The molecule has 4 rings (SSSR count). The van der Waals surface area contributed by atoms with Gasteiger partial charge < -0.3 is 20.5 Å². The Morgan fingerprint density at radius 1 is 1.17 bits per heavy atom. The molecule has 3 N–H and O–H groups in total. The number of hydrogen-bond donors (Lipinski definition) is 3. The number of fused-ring (bicyclic) bond motifs is 1. The van der Waals surface area contributed by atoms with E-state index in [1.807, 2.05) is 41.0 Å². The van der Waals surface area contributed by atoms with Crippen molar-refractivity contribution in [3.05, 3.63) is 64.6 Å². The van der Waals surface area contributed by atoms with Gasteiger partial charge in [-0.1, -0.05) is 24.3 Å². The molecule has 1 fully saturated rings. The number of aryl methyl sites for hydroxylation is 1. The third-order valence-corrected chi connectivity index (χ3v) is 5.78. The number of H-pyrrole nitrogens is 1. The molecule has 0 bridgehead atoms. The zero-order valence-electron chi connectivity index (χ0n) is 16.6. The standard InChI is InChI=1S/C22H27N5OS/c1-16-5-4-6-17(15-16)24-21(29)23-11-14-26-12-9-18(10-13-26)27-20-8-3-2-7-19(20)25-22(27)28/h2-8,15,18H,9-14H2,1H3,(H,25,28)(H2,23,24,29). The molecule has 2 heterocycles. The van der Waals surface area contributed by atoms with Crippen LogP contribution in [0.1, 0.15) is 24.4 Å². The highest BCUT2D eigenvalue weighted by atomic mass is 32.1. The average Bonchev–Trinajstić information content (AvgIpc) is 3.04. The lowest BCUT2D eigenvalue weighted by molar-refractivity contribution is 0.189. The number of nitrogens with zero attached hydrogens (tertiary/aromatic N) is 2. The number of likely N-dealkylation sites (tertiary alicyclic amines) is 1. The predicted octanol–water partition coefficient (Wildman–Crippen LogP) is 3.26. The molecule has 152 valence electrons. The van der Waals surface area contributed by atoms with Crippen LogP contribution in [-0.4, -0.2) is 45.7 Å². The van der Waals surface area contributed by atoms with Crippen molar-refractivity contribution in [2.75, 3.05) is 31.5 Å². The second-order valence-electron chi connectivity index (χ2n) is 7.64. The van der Waals surface area contributed by atoms with Gasteiger partial charge in [-0.05, 0) is 61.8 Å². The SMILES string of the molecule is Cc1cccc(NC(=S)NCCN2CCC(n3c(=O)[nH]c4ccccc43)CC2)c1. The Labute approximate surface area is 175 Å². The summed E-state index contributed by atoms with van der Waals surface area (Å²) >= 11 is 5.40. The van der Waals surface area contributed by atoms with Gasteiger partial charge in [-0.25, -0.2) is 4.79 Å². The number of thiocarbonyl (C=S) groups is 1. The van der Waals surface area contributed by atoms with Gasteiger partial charge in [0.2, 0.25) is 0 Å². The molecule has 0 saturated carbocycles. The van der Waals surface area contributed by atoms with Crippen molar-refractivity contribution in [2.24, 2.45) is 0 Å². The molecule has 1 aromatic heterocycles. The van der Waals surface area contributed by atoms with Gasteiger partial charge >= 0.3 is 5.69 Å². The molecule has 0 radical (unpaired) electrons. The molecule has 6 nitrogen and oxygen atoms in total. The average molecular weight is 410 g/mol. The van der Waals surface area contributed by atoms with E-state index >= 15 is 0 Å². The van der Waals surface area contributed by atoms with E-state index < -0.39 is 0 Å². The van der Waals surface area contributed by atoms with Crippen LogP contribution >= 0.6 is 12.2 Å². The maximum absolute atomic E-state index is 12.4. The molecule has 0 amide bonds. The van der Waals surface area contributed by atoms with Crippen LogP contribution in [0.25, 0.3) is 11.0 Å². The van der Waals surface area contributed by atoms with Gasteiger partial charge in [0.25, 0.3) is 0 Å². The maximum Gasteiger partial charge on any atom is 0.326 e. The number of aromatic nitrogens is 2. The molecule has 1 aliphatic heterocycles. The van der Waals surface area contributed by atoms with Crippen LogP contribution < -0.4 is 16.3 Å². The van der Waals surface area contributed by atoms with Crippen molar-refractivity contribution in [1.29, 1.82) is 0 Å². The zero-order valence-corrected chi connectivity index (χ0v) is 17.5. The molecule has 0 spiro atoms. The largest absolute Gasteiger partial charge is 0.361 e. The molecule has 3 aromatic rings. The first kappa shape index (κ1) is 19.7. The quantitative estimate of drug-likeness (QED) is 0.565. The maximum atomic E-state index is 12.4.